The molecule has 0 bridgehead atoms. The van der Waals surface area contributed by atoms with Crippen LogP contribution in [0, 0.1) is 11.8 Å². The fraction of sp³-hybridized carbons (Fsp3) is 0.615. The molecule has 0 aliphatic carbocycles. The Balaban J connectivity index is 2.09. The van der Waals surface area contributed by atoms with Gasteiger partial charge in [0.2, 0.25) is 0 Å². The molecule has 8 heteroatoms. The molecule has 2 atom stereocenters. The zero-order chi connectivity index (χ0) is 15.2. The lowest BCUT2D eigenvalue weighted by Crippen LogP contribution is -2.43. The molecular formula is C13H20N4O2S2. The van der Waals surface area contributed by atoms with Crippen molar-refractivity contribution in [3.8, 4) is 0 Å². The van der Waals surface area contributed by atoms with Crippen molar-refractivity contribution < 1.29 is 8.42 Å². The van der Waals surface area contributed by atoms with Crippen molar-refractivity contribution in [1.29, 1.82) is 0 Å². The van der Waals surface area contributed by atoms with Gasteiger partial charge in [-0.3, -0.25) is 4.40 Å². The van der Waals surface area contributed by atoms with Gasteiger partial charge in [-0.2, -0.15) is 4.31 Å². The molecule has 2 aromatic heterocycles. The predicted octanol–water partition coefficient (Wildman–Crippen LogP) is 2.10. The summed E-state index contributed by atoms with van der Waals surface area (Å²) in [4.78, 5) is 5.05. The summed E-state index contributed by atoms with van der Waals surface area (Å²) in [6.07, 6.45) is 2.84. The Morgan fingerprint density at radius 3 is 2.62 bits per heavy atom. The van der Waals surface area contributed by atoms with Crippen LogP contribution in [-0.4, -0.2) is 42.2 Å². The number of anilines is 1. The largest absolute Gasteiger partial charge is 0.371 e. The Kier molecular flexibility index (Phi) is 3.71. The minimum absolute atomic E-state index is 0.252. The normalized spacial score (nSPS) is 24.5. The molecule has 1 saturated heterocycles. The molecule has 0 radical (unpaired) electrons. The molecule has 21 heavy (non-hydrogen) atoms. The van der Waals surface area contributed by atoms with Gasteiger partial charge in [-0.15, -0.1) is 11.3 Å². The molecule has 2 aromatic rings. The first kappa shape index (κ1) is 14.8. The third-order valence-corrected chi connectivity index (χ3v) is 6.49. The van der Waals surface area contributed by atoms with Crippen LogP contribution in [0.3, 0.4) is 0 Å². The number of piperidine rings is 1. The van der Waals surface area contributed by atoms with E-state index in [2.05, 4.69) is 24.1 Å². The maximum atomic E-state index is 13.1. The molecule has 0 aromatic carbocycles. The molecule has 2 unspecified atom stereocenters. The number of sulfonamides is 1. The van der Waals surface area contributed by atoms with Crippen LogP contribution >= 0.6 is 11.3 Å². The first-order chi connectivity index (χ1) is 9.93. The molecule has 116 valence electrons. The number of hydrogen-bond acceptors (Lipinski definition) is 5. The average Bonchev–Trinajstić information content (AvgIpc) is 2.96. The number of fused-ring (bicyclic) bond motifs is 1. The molecule has 0 saturated carbocycles. The van der Waals surface area contributed by atoms with Gasteiger partial charge in [0.15, 0.2) is 15.8 Å². The SMILES string of the molecule is CNc1nc2sccn2c1S(=O)(=O)N1CC(C)CC(C)C1. The number of thiazole rings is 1. The first-order valence-electron chi connectivity index (χ1n) is 7.07. The third kappa shape index (κ3) is 2.45. The highest BCUT2D eigenvalue weighted by atomic mass is 32.2. The van der Waals surface area contributed by atoms with Gasteiger partial charge in [-0.25, -0.2) is 13.4 Å². The highest BCUT2D eigenvalue weighted by Gasteiger charge is 2.35. The highest BCUT2D eigenvalue weighted by molar-refractivity contribution is 7.89. The minimum Gasteiger partial charge on any atom is -0.371 e. The van der Waals surface area contributed by atoms with Crippen LogP contribution in [0.2, 0.25) is 0 Å². The van der Waals surface area contributed by atoms with E-state index in [-0.39, 0.29) is 5.03 Å². The van der Waals surface area contributed by atoms with Gasteiger partial charge in [0.25, 0.3) is 10.0 Å². The zero-order valence-corrected chi connectivity index (χ0v) is 14.0. The first-order valence-corrected chi connectivity index (χ1v) is 9.39. The van der Waals surface area contributed by atoms with Gasteiger partial charge in [0, 0.05) is 31.7 Å². The van der Waals surface area contributed by atoms with Crippen molar-refractivity contribution in [3.05, 3.63) is 11.6 Å². The predicted molar refractivity (Wildman–Crippen MR) is 84.3 cm³/mol. The number of imidazole rings is 1. The molecule has 6 nitrogen and oxygen atoms in total. The summed E-state index contributed by atoms with van der Waals surface area (Å²) in [6.45, 7) is 5.36. The van der Waals surface area contributed by atoms with E-state index in [1.165, 1.54) is 11.3 Å². The number of hydrogen-bond donors (Lipinski definition) is 1. The summed E-state index contributed by atoms with van der Waals surface area (Å²) >= 11 is 1.43. The summed E-state index contributed by atoms with van der Waals surface area (Å²) < 4.78 is 29.4. The summed E-state index contributed by atoms with van der Waals surface area (Å²) in [5, 5.41) is 5.01. The summed E-state index contributed by atoms with van der Waals surface area (Å²) in [5.74, 6) is 1.19. The monoisotopic (exact) mass is 328 g/mol. The van der Waals surface area contributed by atoms with E-state index in [0.29, 0.717) is 35.7 Å². The molecule has 1 N–H and O–H groups in total. The lowest BCUT2D eigenvalue weighted by Gasteiger charge is -2.33. The maximum absolute atomic E-state index is 13.1. The van der Waals surface area contributed by atoms with Gasteiger partial charge < -0.3 is 5.32 Å². The lowest BCUT2D eigenvalue weighted by atomic mass is 9.94. The smallest absolute Gasteiger partial charge is 0.262 e. The van der Waals surface area contributed by atoms with Crippen molar-refractivity contribution in [1.82, 2.24) is 13.7 Å². The van der Waals surface area contributed by atoms with Crippen molar-refractivity contribution in [2.24, 2.45) is 11.8 Å². The molecule has 0 amide bonds. The fourth-order valence-electron chi connectivity index (χ4n) is 3.10. The Bertz CT molecular complexity index is 739. The quantitative estimate of drug-likeness (QED) is 0.937. The Morgan fingerprint density at radius 2 is 2.00 bits per heavy atom. The van der Waals surface area contributed by atoms with E-state index in [9.17, 15) is 8.42 Å². The van der Waals surface area contributed by atoms with Crippen LogP contribution in [0.4, 0.5) is 5.82 Å². The van der Waals surface area contributed by atoms with Crippen molar-refractivity contribution in [2.45, 2.75) is 25.3 Å². The van der Waals surface area contributed by atoms with Crippen LogP contribution in [0.1, 0.15) is 20.3 Å². The number of nitrogens with one attached hydrogen (secondary N) is 1. The van der Waals surface area contributed by atoms with E-state index in [1.807, 2.05) is 5.38 Å². The number of rotatable bonds is 3. The van der Waals surface area contributed by atoms with E-state index >= 15 is 0 Å². The second-order valence-corrected chi connectivity index (χ2v) is 8.57. The highest BCUT2D eigenvalue weighted by Crippen LogP contribution is 2.31. The van der Waals surface area contributed by atoms with Gasteiger partial charge in [0.1, 0.15) is 0 Å². The average molecular weight is 328 g/mol. The van der Waals surface area contributed by atoms with E-state index in [1.54, 1.807) is 22.0 Å². The second kappa shape index (κ2) is 5.26. The molecule has 0 spiro atoms. The Labute approximate surface area is 128 Å². The van der Waals surface area contributed by atoms with Crippen molar-refractivity contribution >= 4 is 32.1 Å². The fourth-order valence-corrected chi connectivity index (χ4v) is 5.80. The molecule has 1 aliphatic heterocycles. The van der Waals surface area contributed by atoms with Gasteiger partial charge in [-0.1, -0.05) is 13.8 Å². The minimum atomic E-state index is -3.55. The topological polar surface area (TPSA) is 66.7 Å². The molecule has 3 rings (SSSR count). The van der Waals surface area contributed by atoms with Crippen LogP contribution in [0.15, 0.2) is 16.6 Å². The maximum Gasteiger partial charge on any atom is 0.262 e. The Hall–Kier alpha value is -1.12. The third-order valence-electron chi connectivity index (χ3n) is 3.87. The van der Waals surface area contributed by atoms with E-state index in [0.717, 1.165) is 6.42 Å². The van der Waals surface area contributed by atoms with Crippen molar-refractivity contribution in [3.63, 3.8) is 0 Å². The van der Waals surface area contributed by atoms with Crippen LogP contribution < -0.4 is 5.32 Å². The van der Waals surface area contributed by atoms with Gasteiger partial charge in [-0.05, 0) is 18.3 Å². The standard InChI is InChI=1S/C13H20N4O2S2/c1-9-6-10(2)8-16(7-9)21(18,19)12-11(14-3)15-13-17(12)4-5-20-13/h4-5,9-10,14H,6-8H2,1-3H3. The van der Waals surface area contributed by atoms with Crippen LogP contribution in [-0.2, 0) is 10.0 Å². The summed E-state index contributed by atoms with van der Waals surface area (Å²) in [6, 6.07) is 0. The van der Waals surface area contributed by atoms with E-state index < -0.39 is 10.0 Å². The molecular weight excluding hydrogens is 308 g/mol. The van der Waals surface area contributed by atoms with Crippen LogP contribution in [0.25, 0.3) is 4.96 Å². The summed E-state index contributed by atoms with van der Waals surface area (Å²) in [7, 11) is -1.84. The molecule has 1 aliphatic rings. The van der Waals surface area contributed by atoms with Gasteiger partial charge >= 0.3 is 0 Å². The van der Waals surface area contributed by atoms with Crippen LogP contribution in [0.5, 0.6) is 0 Å². The Morgan fingerprint density at radius 1 is 1.33 bits per heavy atom. The lowest BCUT2D eigenvalue weighted by molar-refractivity contribution is 0.222. The zero-order valence-electron chi connectivity index (χ0n) is 12.4. The number of nitrogens with zero attached hydrogens (tertiary/aromatic N) is 3. The molecule has 1 fully saturated rings. The molecule has 3 heterocycles. The number of aromatic nitrogens is 2. The van der Waals surface area contributed by atoms with Crippen molar-refractivity contribution in [2.75, 3.05) is 25.5 Å². The summed E-state index contributed by atoms with van der Waals surface area (Å²) in [5.41, 5.74) is 0. The second-order valence-electron chi connectivity index (χ2n) is 5.84. The van der Waals surface area contributed by atoms with E-state index in [4.69, 9.17) is 0 Å². The van der Waals surface area contributed by atoms with Gasteiger partial charge in [0.05, 0.1) is 0 Å².